The average molecular weight is 379 g/mol. The molecular formula is C21H21N3O4. The maximum atomic E-state index is 12.2. The number of rotatable bonds is 7. The highest BCUT2D eigenvalue weighted by molar-refractivity contribution is 6.02. The molecule has 0 saturated carbocycles. The zero-order chi connectivity index (χ0) is 20.5. The first-order chi connectivity index (χ1) is 13.4. The van der Waals surface area contributed by atoms with Crippen LogP contribution in [0.1, 0.15) is 18.1 Å². The third-order valence-corrected chi connectivity index (χ3v) is 3.71. The highest BCUT2D eigenvalue weighted by atomic mass is 16.5. The van der Waals surface area contributed by atoms with Gasteiger partial charge in [0, 0.05) is 24.4 Å². The molecule has 0 fully saturated rings. The lowest BCUT2D eigenvalue weighted by Gasteiger charge is -2.09. The highest BCUT2D eigenvalue weighted by Crippen LogP contribution is 2.28. The standard InChI is InChI=1S/C21H21N3O4/c1-14-12-17(6-7-18(14)23-15(2)25)24-21(26)9-5-16-4-8-19(28-11-10-22)20(13-16)27-3/h4-9,12-13H,11H2,1-3H3,(H,23,25)(H,24,26)/b9-5+. The number of nitriles is 1. The second-order valence-electron chi connectivity index (χ2n) is 5.89. The van der Waals surface area contributed by atoms with Gasteiger partial charge < -0.3 is 20.1 Å². The summed E-state index contributed by atoms with van der Waals surface area (Å²) in [5.41, 5.74) is 2.91. The number of hydrogen-bond donors (Lipinski definition) is 2. The highest BCUT2D eigenvalue weighted by Gasteiger charge is 2.06. The number of aryl methyl sites for hydroxylation is 1. The van der Waals surface area contributed by atoms with E-state index < -0.39 is 0 Å². The van der Waals surface area contributed by atoms with Crippen LogP contribution < -0.4 is 20.1 Å². The summed E-state index contributed by atoms with van der Waals surface area (Å²) in [5.74, 6) is 0.486. The predicted octanol–water partition coefficient (Wildman–Crippen LogP) is 3.52. The van der Waals surface area contributed by atoms with Gasteiger partial charge in [-0.1, -0.05) is 6.07 Å². The molecule has 144 valence electrons. The van der Waals surface area contributed by atoms with Crippen molar-refractivity contribution in [2.75, 3.05) is 24.4 Å². The van der Waals surface area contributed by atoms with Gasteiger partial charge in [0.05, 0.1) is 7.11 Å². The van der Waals surface area contributed by atoms with E-state index in [4.69, 9.17) is 14.7 Å². The van der Waals surface area contributed by atoms with Crippen LogP contribution in [0.3, 0.4) is 0 Å². The molecule has 0 aromatic heterocycles. The van der Waals surface area contributed by atoms with Crippen molar-refractivity contribution in [3.63, 3.8) is 0 Å². The van der Waals surface area contributed by atoms with E-state index in [1.807, 2.05) is 13.0 Å². The number of methoxy groups -OCH3 is 1. The van der Waals surface area contributed by atoms with Crippen molar-refractivity contribution in [2.24, 2.45) is 0 Å². The second kappa shape index (κ2) is 9.78. The van der Waals surface area contributed by atoms with Crippen LogP contribution in [0.4, 0.5) is 11.4 Å². The van der Waals surface area contributed by atoms with Gasteiger partial charge in [-0.15, -0.1) is 0 Å². The summed E-state index contributed by atoms with van der Waals surface area (Å²) in [6.45, 7) is 3.21. The number of nitrogens with zero attached hydrogens (tertiary/aromatic N) is 1. The lowest BCUT2D eigenvalue weighted by Crippen LogP contribution is -2.10. The van der Waals surface area contributed by atoms with E-state index in [9.17, 15) is 9.59 Å². The molecule has 0 aliphatic rings. The lowest BCUT2D eigenvalue weighted by molar-refractivity contribution is -0.114. The van der Waals surface area contributed by atoms with Gasteiger partial charge in [-0.2, -0.15) is 5.26 Å². The van der Waals surface area contributed by atoms with Crippen LogP contribution in [0.5, 0.6) is 11.5 Å². The fraction of sp³-hybridized carbons (Fsp3) is 0.190. The molecule has 0 unspecified atom stereocenters. The Morgan fingerprint density at radius 2 is 1.93 bits per heavy atom. The largest absolute Gasteiger partial charge is 0.493 e. The van der Waals surface area contributed by atoms with Crippen molar-refractivity contribution < 1.29 is 19.1 Å². The molecule has 7 nitrogen and oxygen atoms in total. The topological polar surface area (TPSA) is 100 Å². The normalized spacial score (nSPS) is 10.2. The Bertz CT molecular complexity index is 945. The van der Waals surface area contributed by atoms with Crippen LogP contribution in [-0.2, 0) is 9.59 Å². The Morgan fingerprint density at radius 1 is 1.14 bits per heavy atom. The van der Waals surface area contributed by atoms with Crippen LogP contribution in [0.15, 0.2) is 42.5 Å². The summed E-state index contributed by atoms with van der Waals surface area (Å²) in [6.07, 6.45) is 3.05. The van der Waals surface area contributed by atoms with Gasteiger partial charge >= 0.3 is 0 Å². The molecule has 28 heavy (non-hydrogen) atoms. The van der Waals surface area contributed by atoms with E-state index in [-0.39, 0.29) is 18.4 Å². The van der Waals surface area contributed by atoms with Gasteiger partial charge in [0.2, 0.25) is 11.8 Å². The van der Waals surface area contributed by atoms with Crippen molar-refractivity contribution in [2.45, 2.75) is 13.8 Å². The Balaban J connectivity index is 2.04. The first kappa shape index (κ1) is 20.5. The van der Waals surface area contributed by atoms with Gasteiger partial charge in [-0.05, 0) is 54.5 Å². The number of ether oxygens (including phenoxy) is 2. The molecule has 2 rings (SSSR count). The van der Waals surface area contributed by atoms with Gasteiger partial charge in [0.15, 0.2) is 18.1 Å². The summed E-state index contributed by atoms with van der Waals surface area (Å²) >= 11 is 0. The van der Waals surface area contributed by atoms with Crippen LogP contribution in [0, 0.1) is 18.3 Å². The summed E-state index contributed by atoms with van der Waals surface area (Å²) < 4.78 is 10.5. The van der Waals surface area contributed by atoms with Crippen molar-refractivity contribution in [3.8, 4) is 17.6 Å². The van der Waals surface area contributed by atoms with Gasteiger partial charge in [-0.25, -0.2) is 0 Å². The van der Waals surface area contributed by atoms with E-state index in [2.05, 4.69) is 10.6 Å². The fourth-order valence-corrected chi connectivity index (χ4v) is 2.44. The van der Waals surface area contributed by atoms with Crippen molar-refractivity contribution in [1.82, 2.24) is 0 Å². The van der Waals surface area contributed by atoms with E-state index in [0.717, 1.165) is 11.1 Å². The van der Waals surface area contributed by atoms with E-state index in [1.165, 1.54) is 20.1 Å². The van der Waals surface area contributed by atoms with E-state index in [1.54, 1.807) is 42.5 Å². The summed E-state index contributed by atoms with van der Waals surface area (Å²) in [7, 11) is 1.50. The molecule has 2 N–H and O–H groups in total. The summed E-state index contributed by atoms with van der Waals surface area (Å²) in [4.78, 5) is 23.3. The SMILES string of the molecule is COc1cc(/C=C/C(=O)Nc2ccc(NC(C)=O)c(C)c2)ccc1OCC#N. The van der Waals surface area contributed by atoms with Crippen LogP contribution in [0.25, 0.3) is 6.08 Å². The zero-order valence-electron chi connectivity index (χ0n) is 15.9. The van der Waals surface area contributed by atoms with Crippen LogP contribution in [-0.4, -0.2) is 25.5 Å². The minimum Gasteiger partial charge on any atom is -0.493 e. The average Bonchev–Trinajstić information content (AvgIpc) is 2.66. The summed E-state index contributed by atoms with van der Waals surface area (Å²) in [5, 5.41) is 14.1. The Hall–Kier alpha value is -3.79. The molecule has 0 atom stereocenters. The number of nitrogens with one attached hydrogen (secondary N) is 2. The van der Waals surface area contributed by atoms with Crippen molar-refractivity contribution in [1.29, 1.82) is 5.26 Å². The third kappa shape index (κ3) is 5.88. The molecule has 2 aromatic rings. The van der Waals surface area contributed by atoms with E-state index in [0.29, 0.717) is 22.9 Å². The lowest BCUT2D eigenvalue weighted by atomic mass is 10.1. The zero-order valence-corrected chi connectivity index (χ0v) is 15.9. The van der Waals surface area contributed by atoms with E-state index >= 15 is 0 Å². The monoisotopic (exact) mass is 379 g/mol. The minimum absolute atomic E-state index is 0.0753. The maximum Gasteiger partial charge on any atom is 0.248 e. The van der Waals surface area contributed by atoms with Crippen molar-refractivity contribution >= 4 is 29.3 Å². The first-order valence-corrected chi connectivity index (χ1v) is 8.48. The Morgan fingerprint density at radius 3 is 2.57 bits per heavy atom. The molecule has 7 heteroatoms. The molecule has 0 aliphatic carbocycles. The molecule has 2 amide bonds. The molecule has 0 heterocycles. The second-order valence-corrected chi connectivity index (χ2v) is 5.89. The number of anilines is 2. The van der Waals surface area contributed by atoms with Gasteiger partial charge in [0.1, 0.15) is 6.07 Å². The Labute approximate surface area is 163 Å². The van der Waals surface area contributed by atoms with Crippen LogP contribution >= 0.6 is 0 Å². The Kier molecular flexibility index (Phi) is 7.17. The van der Waals surface area contributed by atoms with Gasteiger partial charge in [0.25, 0.3) is 0 Å². The first-order valence-electron chi connectivity index (χ1n) is 8.48. The quantitative estimate of drug-likeness (QED) is 0.717. The van der Waals surface area contributed by atoms with Crippen LogP contribution in [0.2, 0.25) is 0 Å². The molecule has 0 radical (unpaired) electrons. The number of benzene rings is 2. The number of carbonyl (C=O) groups excluding carboxylic acids is 2. The number of amides is 2. The van der Waals surface area contributed by atoms with Gasteiger partial charge in [-0.3, -0.25) is 9.59 Å². The summed E-state index contributed by atoms with van der Waals surface area (Å²) in [6, 6.07) is 12.3. The smallest absolute Gasteiger partial charge is 0.248 e. The predicted molar refractivity (Wildman–Crippen MR) is 107 cm³/mol. The minimum atomic E-state index is -0.296. The molecule has 0 aliphatic heterocycles. The molecular weight excluding hydrogens is 358 g/mol. The maximum absolute atomic E-state index is 12.2. The molecule has 0 saturated heterocycles. The molecule has 0 bridgehead atoms. The number of carbonyl (C=O) groups is 2. The molecule has 0 spiro atoms. The molecule has 2 aromatic carbocycles. The third-order valence-electron chi connectivity index (χ3n) is 3.71. The fourth-order valence-electron chi connectivity index (χ4n) is 2.44. The van der Waals surface area contributed by atoms with Crippen molar-refractivity contribution in [3.05, 3.63) is 53.6 Å². The number of hydrogen-bond acceptors (Lipinski definition) is 5.